The van der Waals surface area contributed by atoms with Crippen LogP contribution in [0.25, 0.3) is 0 Å². The summed E-state index contributed by atoms with van der Waals surface area (Å²) in [5.41, 5.74) is 1.38. The van der Waals surface area contributed by atoms with Crippen LogP contribution in [-0.2, 0) is 11.2 Å². The normalized spacial score (nSPS) is 20.5. The second-order valence-electron chi connectivity index (χ2n) is 6.27. The van der Waals surface area contributed by atoms with Gasteiger partial charge in [-0.1, -0.05) is 6.08 Å². The molecule has 2 fully saturated rings. The third-order valence-electron chi connectivity index (χ3n) is 4.55. The molecule has 2 saturated heterocycles. The molecule has 5 heteroatoms. The third-order valence-corrected chi connectivity index (χ3v) is 4.55. The summed E-state index contributed by atoms with van der Waals surface area (Å²) in [5.74, 6) is 0.256. The van der Waals surface area contributed by atoms with Crippen molar-refractivity contribution in [2.75, 3.05) is 32.7 Å². The van der Waals surface area contributed by atoms with Gasteiger partial charge in [-0.05, 0) is 24.9 Å². The van der Waals surface area contributed by atoms with Crippen LogP contribution in [0, 0.1) is 5.41 Å². The average Bonchev–Trinajstić information content (AvgIpc) is 2.89. The highest BCUT2D eigenvalue weighted by Gasteiger charge is 2.48. The van der Waals surface area contributed by atoms with Crippen molar-refractivity contribution in [1.29, 1.82) is 0 Å². The van der Waals surface area contributed by atoms with Gasteiger partial charge < -0.3 is 4.90 Å². The first-order valence-corrected chi connectivity index (χ1v) is 7.56. The lowest BCUT2D eigenvalue weighted by atomic mass is 9.79. The molecule has 2 aliphatic heterocycles. The summed E-state index contributed by atoms with van der Waals surface area (Å²) in [6.07, 6.45) is 9.52. The molecular weight excluding hydrogens is 264 g/mol. The van der Waals surface area contributed by atoms with Gasteiger partial charge in [0.15, 0.2) is 0 Å². The molecule has 0 bridgehead atoms. The Labute approximate surface area is 125 Å². The Morgan fingerprint density at radius 3 is 2.81 bits per heavy atom. The highest BCUT2D eigenvalue weighted by Crippen LogP contribution is 2.39. The Hall–Kier alpha value is -1.75. The molecule has 1 spiro atoms. The van der Waals surface area contributed by atoms with Crippen LogP contribution in [0.5, 0.6) is 0 Å². The van der Waals surface area contributed by atoms with Gasteiger partial charge in [-0.3, -0.25) is 9.69 Å². The van der Waals surface area contributed by atoms with E-state index in [1.165, 1.54) is 12.7 Å². The molecule has 1 amide bonds. The second kappa shape index (κ2) is 5.93. The molecule has 3 rings (SSSR count). The number of likely N-dealkylation sites (tertiary alicyclic amines) is 2. The predicted molar refractivity (Wildman–Crippen MR) is 80.6 cm³/mol. The standard InChI is InChI=1S/C16H22N4O/c1-2-6-19-7-5-16(10-19)11-20(12-16)15(21)4-3-14-8-17-13-18-9-14/h2,8-9,13H,1,3-7,10-12H2. The van der Waals surface area contributed by atoms with E-state index < -0.39 is 0 Å². The quantitative estimate of drug-likeness (QED) is 0.761. The molecule has 1 aromatic heterocycles. The van der Waals surface area contributed by atoms with E-state index in [9.17, 15) is 4.79 Å². The summed E-state index contributed by atoms with van der Waals surface area (Å²) in [6.45, 7) is 8.84. The smallest absolute Gasteiger partial charge is 0.222 e. The van der Waals surface area contributed by atoms with Crippen LogP contribution in [0.2, 0.25) is 0 Å². The molecule has 0 radical (unpaired) electrons. The minimum absolute atomic E-state index is 0.256. The van der Waals surface area contributed by atoms with Crippen LogP contribution in [-0.4, -0.2) is 58.4 Å². The summed E-state index contributed by atoms with van der Waals surface area (Å²) in [7, 11) is 0. The molecule has 1 aromatic rings. The van der Waals surface area contributed by atoms with Crippen molar-refractivity contribution < 1.29 is 4.79 Å². The molecule has 0 saturated carbocycles. The van der Waals surface area contributed by atoms with Crippen LogP contribution >= 0.6 is 0 Å². The fourth-order valence-corrected chi connectivity index (χ4v) is 3.43. The van der Waals surface area contributed by atoms with Crippen LogP contribution in [0.4, 0.5) is 0 Å². The zero-order valence-corrected chi connectivity index (χ0v) is 12.4. The van der Waals surface area contributed by atoms with E-state index in [4.69, 9.17) is 0 Å². The summed E-state index contributed by atoms with van der Waals surface area (Å²) < 4.78 is 0. The monoisotopic (exact) mass is 286 g/mol. The number of aromatic nitrogens is 2. The highest BCUT2D eigenvalue weighted by molar-refractivity contribution is 5.77. The summed E-state index contributed by atoms with van der Waals surface area (Å²) in [5, 5.41) is 0. The number of rotatable bonds is 5. The molecule has 0 atom stereocenters. The molecule has 3 heterocycles. The molecule has 0 aliphatic carbocycles. The molecular formula is C16H22N4O. The van der Waals surface area contributed by atoms with Crippen LogP contribution in [0.3, 0.4) is 0 Å². The third kappa shape index (κ3) is 3.13. The van der Waals surface area contributed by atoms with Gasteiger partial charge in [0.05, 0.1) is 0 Å². The van der Waals surface area contributed by atoms with Crippen LogP contribution in [0.15, 0.2) is 31.4 Å². The fourth-order valence-electron chi connectivity index (χ4n) is 3.43. The van der Waals surface area contributed by atoms with E-state index in [1.807, 2.05) is 11.0 Å². The fraction of sp³-hybridized carbons (Fsp3) is 0.562. The van der Waals surface area contributed by atoms with Gasteiger partial charge in [0.1, 0.15) is 6.33 Å². The first kappa shape index (κ1) is 14.2. The lowest BCUT2D eigenvalue weighted by molar-refractivity contribution is -0.142. The Bertz CT molecular complexity index is 510. The summed E-state index contributed by atoms with van der Waals surface area (Å²) >= 11 is 0. The molecule has 0 unspecified atom stereocenters. The number of hydrogen-bond acceptors (Lipinski definition) is 4. The lowest BCUT2D eigenvalue weighted by Crippen LogP contribution is -2.59. The number of amides is 1. The number of carbonyl (C=O) groups excluding carboxylic acids is 1. The Morgan fingerprint density at radius 2 is 2.10 bits per heavy atom. The molecule has 0 N–H and O–H groups in total. The maximum atomic E-state index is 12.2. The van der Waals surface area contributed by atoms with E-state index in [0.717, 1.165) is 44.7 Å². The van der Waals surface area contributed by atoms with Gasteiger partial charge in [-0.15, -0.1) is 6.58 Å². The van der Waals surface area contributed by atoms with Crippen molar-refractivity contribution in [2.45, 2.75) is 19.3 Å². The van der Waals surface area contributed by atoms with Crippen LogP contribution < -0.4 is 0 Å². The van der Waals surface area contributed by atoms with E-state index in [0.29, 0.717) is 11.8 Å². The van der Waals surface area contributed by atoms with Gasteiger partial charge >= 0.3 is 0 Å². The summed E-state index contributed by atoms with van der Waals surface area (Å²) in [4.78, 5) is 24.6. The van der Waals surface area contributed by atoms with E-state index in [2.05, 4.69) is 21.4 Å². The van der Waals surface area contributed by atoms with E-state index in [1.54, 1.807) is 12.4 Å². The minimum atomic E-state index is 0.256. The van der Waals surface area contributed by atoms with Crippen molar-refractivity contribution in [2.24, 2.45) is 5.41 Å². The predicted octanol–water partition coefficient (Wildman–Crippen LogP) is 1.13. The number of nitrogens with zero attached hydrogens (tertiary/aromatic N) is 4. The Balaban J connectivity index is 1.44. The lowest BCUT2D eigenvalue weighted by Gasteiger charge is -2.48. The van der Waals surface area contributed by atoms with Crippen molar-refractivity contribution in [1.82, 2.24) is 19.8 Å². The molecule has 112 valence electrons. The van der Waals surface area contributed by atoms with E-state index >= 15 is 0 Å². The topological polar surface area (TPSA) is 49.3 Å². The maximum absolute atomic E-state index is 12.2. The Morgan fingerprint density at radius 1 is 1.33 bits per heavy atom. The van der Waals surface area contributed by atoms with Gasteiger partial charge in [-0.25, -0.2) is 9.97 Å². The molecule has 5 nitrogen and oxygen atoms in total. The summed E-state index contributed by atoms with van der Waals surface area (Å²) in [6, 6.07) is 0. The van der Waals surface area contributed by atoms with Crippen molar-refractivity contribution >= 4 is 5.91 Å². The first-order chi connectivity index (χ1) is 10.2. The van der Waals surface area contributed by atoms with Crippen LogP contribution in [0.1, 0.15) is 18.4 Å². The van der Waals surface area contributed by atoms with Crippen molar-refractivity contribution in [3.8, 4) is 0 Å². The highest BCUT2D eigenvalue weighted by atomic mass is 16.2. The zero-order chi connectivity index (χ0) is 14.7. The van der Waals surface area contributed by atoms with E-state index in [-0.39, 0.29) is 5.91 Å². The zero-order valence-electron chi connectivity index (χ0n) is 12.4. The molecule has 0 aromatic carbocycles. The maximum Gasteiger partial charge on any atom is 0.222 e. The second-order valence-corrected chi connectivity index (χ2v) is 6.27. The van der Waals surface area contributed by atoms with Gasteiger partial charge in [0.25, 0.3) is 0 Å². The number of carbonyl (C=O) groups is 1. The number of hydrogen-bond donors (Lipinski definition) is 0. The van der Waals surface area contributed by atoms with Gasteiger partial charge in [0, 0.05) is 50.4 Å². The number of aryl methyl sites for hydroxylation is 1. The SMILES string of the molecule is C=CCN1CCC2(C1)CN(C(=O)CCc1cncnc1)C2. The van der Waals surface area contributed by atoms with Crippen molar-refractivity contribution in [3.05, 3.63) is 36.9 Å². The van der Waals surface area contributed by atoms with Gasteiger partial charge in [0.2, 0.25) is 5.91 Å². The average molecular weight is 286 g/mol. The largest absolute Gasteiger partial charge is 0.341 e. The molecule has 2 aliphatic rings. The van der Waals surface area contributed by atoms with Gasteiger partial charge in [-0.2, -0.15) is 0 Å². The first-order valence-electron chi connectivity index (χ1n) is 7.56. The minimum Gasteiger partial charge on any atom is -0.341 e. The van der Waals surface area contributed by atoms with Crippen molar-refractivity contribution in [3.63, 3.8) is 0 Å². The molecule has 21 heavy (non-hydrogen) atoms. The Kier molecular flexibility index (Phi) is 4.01.